The third-order valence-electron chi connectivity index (χ3n) is 6.06. The van der Waals surface area contributed by atoms with Gasteiger partial charge < -0.3 is 10.2 Å². The number of rotatable bonds is 8. The maximum Gasteiger partial charge on any atom is 0.152 e. The van der Waals surface area contributed by atoms with Gasteiger partial charge in [0.25, 0.3) is 0 Å². The molecule has 1 N–H and O–H groups in total. The molecule has 0 unspecified atom stereocenters. The molecule has 2 atom stereocenters. The smallest absolute Gasteiger partial charge is 0.152 e. The molecule has 0 saturated carbocycles. The van der Waals surface area contributed by atoms with Crippen LogP contribution in [0.3, 0.4) is 0 Å². The van der Waals surface area contributed by atoms with Crippen LogP contribution < -0.4 is 5.32 Å². The average Bonchev–Trinajstić information content (AvgIpc) is 3.17. The van der Waals surface area contributed by atoms with E-state index in [1.807, 2.05) is 11.6 Å². The minimum atomic E-state index is -2.92. The molecule has 0 spiro atoms. The zero-order valence-corrected chi connectivity index (χ0v) is 19.1. The van der Waals surface area contributed by atoms with Crippen molar-refractivity contribution in [1.82, 2.24) is 20.0 Å². The van der Waals surface area contributed by atoms with Crippen LogP contribution in [0.4, 0.5) is 0 Å². The summed E-state index contributed by atoms with van der Waals surface area (Å²) in [7, 11) is 1.29. The Morgan fingerprint density at radius 1 is 1.24 bits per heavy atom. The molecule has 160 valence electrons. The van der Waals surface area contributed by atoms with Crippen LogP contribution in [0.2, 0.25) is 0 Å². The van der Waals surface area contributed by atoms with E-state index >= 15 is 0 Å². The fourth-order valence-corrected chi connectivity index (χ4v) is 5.88. The summed E-state index contributed by atoms with van der Waals surface area (Å²) in [6, 6.07) is 9.12. The van der Waals surface area contributed by atoms with Crippen LogP contribution in [0, 0.1) is 13.8 Å². The van der Waals surface area contributed by atoms with Gasteiger partial charge in [-0.05, 0) is 51.9 Å². The molecule has 2 heterocycles. The lowest BCUT2D eigenvalue weighted by Gasteiger charge is -2.25. The predicted octanol–water partition coefficient (Wildman–Crippen LogP) is 2.81. The van der Waals surface area contributed by atoms with Crippen molar-refractivity contribution >= 4 is 9.84 Å². The largest absolute Gasteiger partial charge is 0.311 e. The third kappa shape index (κ3) is 5.08. The molecule has 1 aromatic heterocycles. The van der Waals surface area contributed by atoms with Gasteiger partial charge >= 0.3 is 0 Å². The molecule has 3 rings (SSSR count). The molecule has 1 aromatic carbocycles. The summed E-state index contributed by atoms with van der Waals surface area (Å²) >= 11 is 0. The van der Waals surface area contributed by atoms with Gasteiger partial charge in [-0.25, -0.2) is 8.42 Å². The number of benzene rings is 1. The highest BCUT2D eigenvalue weighted by molar-refractivity contribution is 7.91. The molecule has 0 amide bonds. The topological polar surface area (TPSA) is 67.2 Å². The molecule has 29 heavy (non-hydrogen) atoms. The van der Waals surface area contributed by atoms with Crippen LogP contribution >= 0.6 is 0 Å². The summed E-state index contributed by atoms with van der Waals surface area (Å²) in [4.78, 5) is 2.24. The lowest BCUT2D eigenvalue weighted by molar-refractivity contribution is 0.288. The van der Waals surface area contributed by atoms with E-state index in [4.69, 9.17) is 0 Å². The normalized spacial score (nSPS) is 19.7. The van der Waals surface area contributed by atoms with E-state index in [0.717, 1.165) is 30.9 Å². The van der Waals surface area contributed by atoms with Gasteiger partial charge in [0.15, 0.2) is 9.84 Å². The van der Waals surface area contributed by atoms with Crippen LogP contribution in [0.5, 0.6) is 0 Å². The second kappa shape index (κ2) is 8.98. The Kier molecular flexibility index (Phi) is 6.81. The quantitative estimate of drug-likeness (QED) is 0.714. The van der Waals surface area contributed by atoms with Crippen molar-refractivity contribution in [3.05, 3.63) is 52.3 Å². The predicted molar refractivity (Wildman–Crippen MR) is 118 cm³/mol. The van der Waals surface area contributed by atoms with Crippen LogP contribution in [-0.2, 0) is 22.8 Å². The highest BCUT2D eigenvalue weighted by Crippen LogP contribution is 2.27. The van der Waals surface area contributed by atoms with E-state index in [1.165, 1.54) is 16.7 Å². The lowest BCUT2D eigenvalue weighted by atomic mass is 10.0. The Morgan fingerprint density at radius 2 is 1.93 bits per heavy atom. The molecular weight excluding hydrogens is 384 g/mol. The zero-order valence-electron chi connectivity index (χ0n) is 18.3. The molecule has 1 saturated heterocycles. The summed E-state index contributed by atoms with van der Waals surface area (Å²) in [5.41, 5.74) is 5.89. The van der Waals surface area contributed by atoms with E-state index in [1.54, 1.807) is 0 Å². The van der Waals surface area contributed by atoms with Crippen molar-refractivity contribution in [2.75, 3.05) is 32.1 Å². The fourth-order valence-electron chi connectivity index (χ4n) is 4.18. The number of nitrogens with zero attached hydrogens (tertiary/aromatic N) is 3. The molecule has 0 aliphatic carbocycles. The number of aryl methyl sites for hydroxylation is 2. The van der Waals surface area contributed by atoms with E-state index in [-0.39, 0.29) is 23.6 Å². The summed E-state index contributed by atoms with van der Waals surface area (Å²) in [6.45, 7) is 7.80. The Labute approximate surface area is 175 Å². The van der Waals surface area contributed by atoms with Gasteiger partial charge in [0.05, 0.1) is 23.2 Å². The summed E-state index contributed by atoms with van der Waals surface area (Å²) in [5.74, 6) is 0.475. The number of nitrogens with one attached hydrogen (secondary N) is 1. The Balaban J connectivity index is 1.67. The van der Waals surface area contributed by atoms with E-state index in [2.05, 4.69) is 67.5 Å². The van der Waals surface area contributed by atoms with Crippen molar-refractivity contribution in [1.29, 1.82) is 0 Å². The van der Waals surface area contributed by atoms with Gasteiger partial charge in [-0.15, -0.1) is 0 Å². The first-order chi connectivity index (χ1) is 13.7. The molecule has 7 heteroatoms. The molecule has 1 fully saturated rings. The van der Waals surface area contributed by atoms with Crippen molar-refractivity contribution in [3.8, 4) is 0 Å². The van der Waals surface area contributed by atoms with Crippen LogP contribution in [0.25, 0.3) is 0 Å². The van der Waals surface area contributed by atoms with Gasteiger partial charge in [0.1, 0.15) is 0 Å². The van der Waals surface area contributed by atoms with Crippen molar-refractivity contribution in [2.24, 2.45) is 0 Å². The minimum absolute atomic E-state index is 0.0287. The Morgan fingerprint density at radius 3 is 2.48 bits per heavy atom. The van der Waals surface area contributed by atoms with Crippen molar-refractivity contribution in [2.45, 2.75) is 52.2 Å². The molecule has 1 aliphatic rings. The number of likely N-dealkylation sites (N-methyl/N-ethyl adjacent to an activating group) is 1. The molecule has 0 bridgehead atoms. The van der Waals surface area contributed by atoms with E-state index < -0.39 is 9.84 Å². The summed E-state index contributed by atoms with van der Waals surface area (Å²) in [5, 5.41) is 8.27. The zero-order chi connectivity index (χ0) is 21.2. The minimum Gasteiger partial charge on any atom is -0.311 e. The molecule has 0 radical (unpaired) electrons. The Bertz CT molecular complexity index is 932. The third-order valence-corrected chi connectivity index (χ3v) is 7.82. The van der Waals surface area contributed by atoms with E-state index in [9.17, 15) is 8.42 Å². The van der Waals surface area contributed by atoms with Crippen LogP contribution in [0.15, 0.2) is 24.3 Å². The van der Waals surface area contributed by atoms with Crippen LogP contribution in [0.1, 0.15) is 53.5 Å². The van der Waals surface area contributed by atoms with Crippen LogP contribution in [-0.4, -0.2) is 55.2 Å². The van der Waals surface area contributed by atoms with E-state index in [0.29, 0.717) is 6.42 Å². The monoisotopic (exact) mass is 418 g/mol. The van der Waals surface area contributed by atoms with Gasteiger partial charge in [-0.1, -0.05) is 31.2 Å². The number of hydrogen-bond donors (Lipinski definition) is 1. The maximum atomic E-state index is 11.8. The number of sulfone groups is 1. The molecular formula is C22H34N4O2S. The van der Waals surface area contributed by atoms with Gasteiger partial charge in [0, 0.05) is 30.4 Å². The first-order valence-corrected chi connectivity index (χ1v) is 12.2. The molecule has 2 aromatic rings. The fraction of sp³-hybridized carbons (Fsp3) is 0.591. The second-order valence-electron chi connectivity index (χ2n) is 8.36. The summed E-state index contributed by atoms with van der Waals surface area (Å²) < 4.78 is 25.6. The second-order valence-corrected chi connectivity index (χ2v) is 10.6. The standard InChI is InChI=1S/C22H34N4O2S/c1-6-18-7-9-19(10-8-18)22(25(4)5)14-23-13-21-16(2)24-26(17(21)3)20-11-12-29(27,28)15-20/h7-10,20,22-23H,6,11-15H2,1-5H3/t20-,22+/m1/s1. The van der Waals surface area contributed by atoms with Gasteiger partial charge in [0.2, 0.25) is 0 Å². The van der Waals surface area contributed by atoms with Crippen molar-refractivity contribution in [3.63, 3.8) is 0 Å². The SMILES string of the molecule is CCc1ccc([C@H](CNCc2c(C)nn([C@@H]3CCS(=O)(=O)C3)c2C)N(C)C)cc1. The average molecular weight is 419 g/mol. The summed E-state index contributed by atoms with van der Waals surface area (Å²) in [6.07, 6.45) is 1.71. The molecule has 6 nitrogen and oxygen atoms in total. The van der Waals surface area contributed by atoms with Gasteiger partial charge in [-0.3, -0.25) is 4.68 Å². The highest BCUT2D eigenvalue weighted by Gasteiger charge is 2.31. The van der Waals surface area contributed by atoms with Crippen molar-refractivity contribution < 1.29 is 8.42 Å². The first kappa shape index (κ1) is 22.0. The number of aromatic nitrogens is 2. The molecule has 1 aliphatic heterocycles. The highest BCUT2D eigenvalue weighted by atomic mass is 32.2. The number of hydrogen-bond acceptors (Lipinski definition) is 5. The lowest BCUT2D eigenvalue weighted by Crippen LogP contribution is -2.31. The first-order valence-electron chi connectivity index (χ1n) is 10.4. The maximum absolute atomic E-state index is 11.8. The van der Waals surface area contributed by atoms with Gasteiger partial charge in [-0.2, -0.15) is 5.10 Å². The Hall–Kier alpha value is -1.70.